The van der Waals surface area contributed by atoms with Crippen molar-refractivity contribution < 1.29 is 4.74 Å². The second kappa shape index (κ2) is 6.24. The fraction of sp³-hybridized carbons (Fsp3) is 0.400. The zero-order chi connectivity index (χ0) is 12.8. The molecule has 1 aromatic carbocycles. The summed E-state index contributed by atoms with van der Waals surface area (Å²) in [4.78, 5) is 4.44. The van der Waals surface area contributed by atoms with E-state index in [1.54, 1.807) is 0 Å². The summed E-state index contributed by atoms with van der Waals surface area (Å²) in [5.41, 5.74) is 2.07. The van der Waals surface area contributed by atoms with Gasteiger partial charge in [-0.2, -0.15) is 0 Å². The Balaban J connectivity index is 2.37. The van der Waals surface area contributed by atoms with Crippen molar-refractivity contribution in [2.45, 2.75) is 26.7 Å². The zero-order valence-electron chi connectivity index (χ0n) is 11.1. The number of fused-ring (bicyclic) bond motifs is 1. The third-order valence-corrected chi connectivity index (χ3v) is 2.76. The molecule has 1 aromatic heterocycles. The van der Waals surface area contributed by atoms with Crippen molar-refractivity contribution in [2.24, 2.45) is 0 Å². The summed E-state index contributed by atoms with van der Waals surface area (Å²) in [6.07, 6.45) is 3.94. The molecular weight excluding hydrogens is 224 g/mol. The van der Waals surface area contributed by atoms with Gasteiger partial charge in [-0.15, -0.1) is 0 Å². The van der Waals surface area contributed by atoms with Crippen molar-refractivity contribution in [2.75, 3.05) is 18.5 Å². The van der Waals surface area contributed by atoms with Gasteiger partial charge in [0.2, 0.25) is 0 Å². The molecule has 18 heavy (non-hydrogen) atoms. The summed E-state index contributed by atoms with van der Waals surface area (Å²) in [6.45, 7) is 5.96. The van der Waals surface area contributed by atoms with Crippen LogP contribution in [0.3, 0.4) is 0 Å². The Hall–Kier alpha value is -1.77. The lowest BCUT2D eigenvalue weighted by Gasteiger charge is -2.11. The maximum atomic E-state index is 5.74. The molecule has 0 atom stereocenters. The average Bonchev–Trinajstić information content (AvgIpc) is 2.42. The monoisotopic (exact) mass is 244 g/mol. The molecule has 0 aliphatic carbocycles. The van der Waals surface area contributed by atoms with Gasteiger partial charge in [-0.05, 0) is 25.0 Å². The minimum Gasteiger partial charge on any atom is -0.491 e. The van der Waals surface area contributed by atoms with E-state index in [0.717, 1.165) is 48.3 Å². The molecule has 96 valence electrons. The fourth-order valence-electron chi connectivity index (χ4n) is 1.89. The molecule has 0 aliphatic heterocycles. The highest BCUT2D eigenvalue weighted by molar-refractivity contribution is 5.94. The number of nitrogens with zero attached hydrogens (tertiary/aromatic N) is 1. The Morgan fingerprint density at radius 2 is 2.06 bits per heavy atom. The number of hydrogen-bond donors (Lipinski definition) is 1. The Bertz CT molecular complexity index is 464. The molecule has 0 amide bonds. The van der Waals surface area contributed by atoms with Crippen molar-refractivity contribution in [1.82, 2.24) is 4.98 Å². The molecule has 1 N–H and O–H groups in total. The maximum Gasteiger partial charge on any atom is 0.145 e. The molecular formula is C15H20N2O. The van der Waals surface area contributed by atoms with E-state index >= 15 is 0 Å². The number of nitrogens with one attached hydrogen (secondary N) is 1. The van der Waals surface area contributed by atoms with E-state index in [1.807, 2.05) is 24.4 Å². The summed E-state index contributed by atoms with van der Waals surface area (Å²) in [5.74, 6) is 0.870. The van der Waals surface area contributed by atoms with Gasteiger partial charge in [-0.3, -0.25) is 4.98 Å². The van der Waals surface area contributed by atoms with E-state index in [4.69, 9.17) is 4.74 Å². The van der Waals surface area contributed by atoms with Gasteiger partial charge in [-0.25, -0.2) is 0 Å². The first-order valence-corrected chi connectivity index (χ1v) is 6.61. The Kier molecular flexibility index (Phi) is 4.40. The van der Waals surface area contributed by atoms with Crippen LogP contribution in [0.15, 0.2) is 30.5 Å². The summed E-state index contributed by atoms with van der Waals surface area (Å²) in [7, 11) is 0. The van der Waals surface area contributed by atoms with Gasteiger partial charge in [0.25, 0.3) is 0 Å². The van der Waals surface area contributed by atoms with E-state index in [2.05, 4.69) is 30.2 Å². The smallest absolute Gasteiger partial charge is 0.145 e. The molecule has 2 rings (SSSR count). The Labute approximate surface area is 108 Å². The average molecular weight is 244 g/mol. The molecule has 2 aromatic rings. The maximum absolute atomic E-state index is 5.74. The highest BCUT2D eigenvalue weighted by Gasteiger charge is 2.06. The van der Waals surface area contributed by atoms with Crippen molar-refractivity contribution in [3.8, 4) is 5.75 Å². The van der Waals surface area contributed by atoms with E-state index in [-0.39, 0.29) is 0 Å². The summed E-state index contributed by atoms with van der Waals surface area (Å²) in [5, 5.41) is 4.55. The second-order valence-corrected chi connectivity index (χ2v) is 4.29. The predicted octanol–water partition coefficient (Wildman–Crippen LogP) is 3.85. The van der Waals surface area contributed by atoms with E-state index < -0.39 is 0 Å². The number of anilines is 1. The molecule has 3 nitrogen and oxygen atoms in total. The van der Waals surface area contributed by atoms with E-state index in [0.29, 0.717) is 0 Å². The minimum absolute atomic E-state index is 0.730. The lowest BCUT2D eigenvalue weighted by molar-refractivity contribution is 0.320. The number of pyridine rings is 1. The Morgan fingerprint density at radius 3 is 2.83 bits per heavy atom. The number of para-hydroxylation sites is 1. The highest BCUT2D eigenvalue weighted by Crippen LogP contribution is 2.28. The van der Waals surface area contributed by atoms with Crippen molar-refractivity contribution in [3.05, 3.63) is 30.5 Å². The SMILES string of the molecule is CCCNc1ccnc2c(OCCC)cccc12. The van der Waals surface area contributed by atoms with Gasteiger partial charge in [0.05, 0.1) is 6.61 Å². The van der Waals surface area contributed by atoms with Gasteiger partial charge in [0.15, 0.2) is 0 Å². The number of ether oxygens (including phenoxy) is 1. The Morgan fingerprint density at radius 1 is 1.17 bits per heavy atom. The van der Waals surface area contributed by atoms with Crippen LogP contribution in [0.4, 0.5) is 5.69 Å². The van der Waals surface area contributed by atoms with Crippen LogP contribution in [-0.2, 0) is 0 Å². The lowest BCUT2D eigenvalue weighted by atomic mass is 10.1. The molecule has 0 saturated carbocycles. The first kappa shape index (κ1) is 12.7. The minimum atomic E-state index is 0.730. The molecule has 1 heterocycles. The van der Waals surface area contributed by atoms with Gasteiger partial charge in [-0.1, -0.05) is 26.0 Å². The largest absolute Gasteiger partial charge is 0.491 e. The summed E-state index contributed by atoms with van der Waals surface area (Å²) < 4.78 is 5.74. The lowest BCUT2D eigenvalue weighted by Crippen LogP contribution is -2.01. The van der Waals surface area contributed by atoms with Crippen LogP contribution >= 0.6 is 0 Å². The summed E-state index contributed by atoms with van der Waals surface area (Å²) >= 11 is 0. The first-order chi connectivity index (χ1) is 8.86. The van der Waals surface area contributed by atoms with E-state index in [1.165, 1.54) is 0 Å². The second-order valence-electron chi connectivity index (χ2n) is 4.29. The number of benzene rings is 1. The molecule has 3 heteroatoms. The third-order valence-electron chi connectivity index (χ3n) is 2.76. The molecule has 0 bridgehead atoms. The van der Waals surface area contributed by atoms with Crippen LogP contribution in [0.1, 0.15) is 26.7 Å². The van der Waals surface area contributed by atoms with Crippen LogP contribution in [0.2, 0.25) is 0 Å². The number of hydrogen-bond acceptors (Lipinski definition) is 3. The third kappa shape index (κ3) is 2.73. The quantitative estimate of drug-likeness (QED) is 0.838. The van der Waals surface area contributed by atoms with Gasteiger partial charge in [0, 0.05) is 23.8 Å². The fourth-order valence-corrected chi connectivity index (χ4v) is 1.89. The first-order valence-electron chi connectivity index (χ1n) is 6.61. The number of aromatic nitrogens is 1. The van der Waals surface area contributed by atoms with E-state index in [9.17, 15) is 0 Å². The van der Waals surface area contributed by atoms with Crippen LogP contribution in [0.5, 0.6) is 5.75 Å². The molecule has 0 aliphatic rings. The predicted molar refractivity (Wildman–Crippen MR) is 76.3 cm³/mol. The van der Waals surface area contributed by atoms with Gasteiger partial charge >= 0.3 is 0 Å². The summed E-state index contributed by atoms with van der Waals surface area (Å²) in [6, 6.07) is 8.10. The molecule has 0 unspecified atom stereocenters. The van der Waals surface area contributed by atoms with Crippen LogP contribution in [-0.4, -0.2) is 18.1 Å². The van der Waals surface area contributed by atoms with Crippen LogP contribution in [0.25, 0.3) is 10.9 Å². The highest BCUT2D eigenvalue weighted by atomic mass is 16.5. The molecule has 0 radical (unpaired) electrons. The zero-order valence-corrected chi connectivity index (χ0v) is 11.1. The van der Waals surface area contributed by atoms with Gasteiger partial charge < -0.3 is 10.1 Å². The normalized spacial score (nSPS) is 10.6. The molecule has 0 spiro atoms. The van der Waals surface area contributed by atoms with Crippen molar-refractivity contribution in [1.29, 1.82) is 0 Å². The molecule has 0 saturated heterocycles. The van der Waals surface area contributed by atoms with Crippen molar-refractivity contribution in [3.63, 3.8) is 0 Å². The topological polar surface area (TPSA) is 34.2 Å². The molecule has 0 fully saturated rings. The van der Waals surface area contributed by atoms with Crippen molar-refractivity contribution >= 4 is 16.6 Å². The van der Waals surface area contributed by atoms with Crippen LogP contribution in [0, 0.1) is 0 Å². The number of rotatable bonds is 6. The van der Waals surface area contributed by atoms with Crippen LogP contribution < -0.4 is 10.1 Å². The van der Waals surface area contributed by atoms with Gasteiger partial charge in [0.1, 0.15) is 11.3 Å². The standard InChI is InChI=1S/C15H20N2O/c1-3-9-16-13-8-10-17-15-12(13)6-5-7-14(15)18-11-4-2/h5-8,10H,3-4,9,11H2,1-2H3,(H,16,17).